The Morgan fingerprint density at radius 2 is 1.96 bits per heavy atom. The smallest absolute Gasteiger partial charge is 0.407 e. The van der Waals surface area contributed by atoms with Gasteiger partial charge in [-0.3, -0.25) is 9.78 Å². The van der Waals surface area contributed by atoms with Gasteiger partial charge in [0.2, 0.25) is 5.91 Å². The van der Waals surface area contributed by atoms with Crippen LogP contribution in [0.4, 0.5) is 26.2 Å². The van der Waals surface area contributed by atoms with Crippen LogP contribution in [0.2, 0.25) is 0 Å². The molecule has 0 spiro atoms. The Morgan fingerprint density at radius 3 is 2.63 bits per heavy atom. The summed E-state index contributed by atoms with van der Waals surface area (Å²) in [6, 6.07) is 7.51. The van der Waals surface area contributed by atoms with Crippen LogP contribution in [0.1, 0.15) is 27.2 Å². The largest absolute Gasteiger partial charge is 0.444 e. The Morgan fingerprint density at radius 1 is 1.19 bits per heavy atom. The number of rotatable bonds is 6. The number of ether oxygens (including phenoxy) is 1. The molecule has 1 heterocycles. The molecule has 2 amide bonds. The van der Waals surface area contributed by atoms with Crippen molar-refractivity contribution in [1.29, 1.82) is 0 Å². The molecule has 1 aromatic carbocycles. The van der Waals surface area contributed by atoms with Gasteiger partial charge in [0.25, 0.3) is 0 Å². The average molecular weight is 374 g/mol. The molecule has 0 fully saturated rings. The fourth-order valence-electron chi connectivity index (χ4n) is 2.13. The van der Waals surface area contributed by atoms with E-state index < -0.39 is 17.5 Å². The van der Waals surface area contributed by atoms with Crippen molar-refractivity contribution in [2.75, 3.05) is 17.2 Å². The Bertz CT molecular complexity index is 791. The Balaban J connectivity index is 1.92. The fourth-order valence-corrected chi connectivity index (χ4v) is 2.13. The van der Waals surface area contributed by atoms with Crippen molar-refractivity contribution >= 4 is 29.1 Å². The van der Waals surface area contributed by atoms with Crippen molar-refractivity contribution in [3.05, 3.63) is 48.5 Å². The maximum atomic E-state index is 13.6. The van der Waals surface area contributed by atoms with Crippen molar-refractivity contribution in [3.63, 3.8) is 0 Å². The molecule has 0 aliphatic rings. The quantitative estimate of drug-likeness (QED) is 0.715. The Hall–Kier alpha value is -3.16. The number of anilines is 3. The average Bonchev–Trinajstić information content (AvgIpc) is 2.56. The molecule has 144 valence electrons. The van der Waals surface area contributed by atoms with Crippen molar-refractivity contribution in [1.82, 2.24) is 10.3 Å². The number of carbonyl (C=O) groups is 2. The number of alkyl carbamates (subject to hydrolysis) is 1. The number of nitrogens with one attached hydrogen (secondary N) is 3. The highest BCUT2D eigenvalue weighted by Crippen LogP contribution is 2.26. The van der Waals surface area contributed by atoms with Gasteiger partial charge in [-0.25, -0.2) is 9.18 Å². The van der Waals surface area contributed by atoms with Crippen LogP contribution in [0.3, 0.4) is 0 Å². The molecule has 0 bridgehead atoms. The zero-order valence-electron chi connectivity index (χ0n) is 15.5. The van der Waals surface area contributed by atoms with Crippen LogP contribution in [0.15, 0.2) is 42.7 Å². The Labute approximate surface area is 157 Å². The maximum absolute atomic E-state index is 13.6. The van der Waals surface area contributed by atoms with Crippen LogP contribution >= 0.6 is 0 Å². The minimum Gasteiger partial charge on any atom is -0.444 e. The zero-order chi connectivity index (χ0) is 19.9. The first-order chi connectivity index (χ1) is 12.7. The fraction of sp³-hybridized carbons (Fsp3) is 0.316. The van der Waals surface area contributed by atoms with Gasteiger partial charge in [-0.15, -0.1) is 0 Å². The second-order valence-corrected chi connectivity index (χ2v) is 6.78. The van der Waals surface area contributed by atoms with E-state index in [1.165, 1.54) is 18.2 Å². The summed E-state index contributed by atoms with van der Waals surface area (Å²) in [5, 5.41) is 8.22. The zero-order valence-corrected chi connectivity index (χ0v) is 15.5. The highest BCUT2D eigenvalue weighted by atomic mass is 19.1. The molecule has 2 aromatic rings. The minimum atomic E-state index is -0.604. The van der Waals surface area contributed by atoms with Crippen LogP contribution < -0.4 is 16.0 Å². The minimum absolute atomic E-state index is 0.0446. The van der Waals surface area contributed by atoms with Crippen molar-refractivity contribution < 1.29 is 18.7 Å². The second-order valence-electron chi connectivity index (χ2n) is 6.78. The van der Waals surface area contributed by atoms with Gasteiger partial charge < -0.3 is 20.7 Å². The van der Waals surface area contributed by atoms with E-state index in [1.807, 2.05) is 0 Å². The summed E-state index contributed by atoms with van der Waals surface area (Å²) in [7, 11) is 0. The molecule has 0 atom stereocenters. The molecule has 1 aromatic heterocycles. The lowest BCUT2D eigenvalue weighted by molar-refractivity contribution is -0.116. The molecule has 3 N–H and O–H groups in total. The molecule has 0 aliphatic heterocycles. The van der Waals surface area contributed by atoms with Crippen molar-refractivity contribution in [3.8, 4) is 0 Å². The standard InChI is InChI=1S/C19H23FN4O3/c1-19(2,3)27-18(26)22-10-8-17(25)24-15-7-6-13(20)11-16(15)23-14-5-4-9-21-12-14/h4-7,9,11-12,23H,8,10H2,1-3H3,(H,22,26)(H,24,25). The number of halogens is 1. The topological polar surface area (TPSA) is 92.3 Å². The molecule has 0 unspecified atom stereocenters. The number of aromatic nitrogens is 1. The van der Waals surface area contributed by atoms with Gasteiger partial charge in [-0.05, 0) is 51.1 Å². The lowest BCUT2D eigenvalue weighted by Crippen LogP contribution is -2.34. The number of nitrogens with zero attached hydrogens (tertiary/aromatic N) is 1. The molecule has 0 saturated carbocycles. The maximum Gasteiger partial charge on any atom is 0.407 e. The summed E-state index contributed by atoms with van der Waals surface area (Å²) in [5.74, 6) is -0.766. The highest BCUT2D eigenvalue weighted by molar-refractivity contribution is 5.95. The van der Waals surface area contributed by atoms with E-state index in [1.54, 1.807) is 45.3 Å². The third kappa shape index (κ3) is 7.31. The second kappa shape index (κ2) is 8.98. The first kappa shape index (κ1) is 20.2. The first-order valence-electron chi connectivity index (χ1n) is 8.46. The van der Waals surface area contributed by atoms with Crippen LogP contribution in [0.5, 0.6) is 0 Å². The van der Waals surface area contributed by atoms with Crippen LogP contribution in [-0.4, -0.2) is 29.1 Å². The predicted octanol–water partition coefficient (Wildman–Crippen LogP) is 3.82. The van der Waals surface area contributed by atoms with Crippen molar-refractivity contribution in [2.24, 2.45) is 0 Å². The summed E-state index contributed by atoms with van der Waals surface area (Å²) in [4.78, 5) is 27.7. The van der Waals surface area contributed by atoms with E-state index in [-0.39, 0.29) is 18.9 Å². The van der Waals surface area contributed by atoms with E-state index in [0.717, 1.165) is 0 Å². The van der Waals surface area contributed by atoms with Crippen LogP contribution in [0.25, 0.3) is 0 Å². The van der Waals surface area contributed by atoms with E-state index in [4.69, 9.17) is 4.74 Å². The molecule has 0 saturated heterocycles. The van der Waals surface area contributed by atoms with E-state index in [9.17, 15) is 14.0 Å². The number of carbonyl (C=O) groups excluding carboxylic acids is 2. The monoisotopic (exact) mass is 374 g/mol. The third-order valence-corrected chi connectivity index (χ3v) is 3.22. The number of benzene rings is 1. The summed E-state index contributed by atoms with van der Waals surface area (Å²) in [5.41, 5.74) is 0.872. The van der Waals surface area contributed by atoms with Crippen LogP contribution in [0, 0.1) is 5.82 Å². The number of pyridine rings is 1. The molecular weight excluding hydrogens is 351 g/mol. The van der Waals surface area contributed by atoms with E-state index in [2.05, 4.69) is 20.9 Å². The highest BCUT2D eigenvalue weighted by Gasteiger charge is 2.16. The van der Waals surface area contributed by atoms with Gasteiger partial charge in [-0.1, -0.05) is 0 Å². The van der Waals surface area contributed by atoms with Gasteiger partial charge in [0.15, 0.2) is 0 Å². The van der Waals surface area contributed by atoms with Gasteiger partial charge in [0, 0.05) is 19.2 Å². The lowest BCUT2D eigenvalue weighted by atomic mass is 10.2. The number of hydrogen-bond acceptors (Lipinski definition) is 5. The predicted molar refractivity (Wildman–Crippen MR) is 101 cm³/mol. The third-order valence-electron chi connectivity index (χ3n) is 3.22. The lowest BCUT2D eigenvalue weighted by Gasteiger charge is -2.19. The summed E-state index contributed by atoms with van der Waals surface area (Å²) < 4.78 is 18.7. The molecular formula is C19H23FN4O3. The SMILES string of the molecule is CC(C)(C)OC(=O)NCCC(=O)Nc1ccc(F)cc1Nc1cccnc1. The first-order valence-corrected chi connectivity index (χ1v) is 8.46. The van der Waals surface area contributed by atoms with Gasteiger partial charge >= 0.3 is 6.09 Å². The van der Waals surface area contributed by atoms with E-state index in [0.29, 0.717) is 17.1 Å². The van der Waals surface area contributed by atoms with Crippen molar-refractivity contribution in [2.45, 2.75) is 32.8 Å². The summed E-state index contributed by atoms with van der Waals surface area (Å²) in [6.07, 6.45) is 2.66. The van der Waals surface area contributed by atoms with Gasteiger partial charge in [0.1, 0.15) is 11.4 Å². The molecule has 27 heavy (non-hydrogen) atoms. The molecule has 8 heteroatoms. The van der Waals surface area contributed by atoms with Crippen LogP contribution in [-0.2, 0) is 9.53 Å². The molecule has 0 radical (unpaired) electrons. The summed E-state index contributed by atoms with van der Waals surface area (Å²) in [6.45, 7) is 5.38. The van der Waals surface area contributed by atoms with Gasteiger partial charge in [-0.2, -0.15) is 0 Å². The summed E-state index contributed by atoms with van der Waals surface area (Å²) >= 11 is 0. The molecule has 2 rings (SSSR count). The number of amides is 2. The Kier molecular flexibility index (Phi) is 6.70. The van der Waals surface area contributed by atoms with Gasteiger partial charge in [0.05, 0.1) is 23.3 Å². The molecule has 7 nitrogen and oxygen atoms in total. The normalized spacial score (nSPS) is 10.8. The molecule has 0 aliphatic carbocycles. The van der Waals surface area contributed by atoms with E-state index >= 15 is 0 Å². The number of hydrogen-bond donors (Lipinski definition) is 3.